The Labute approximate surface area is 521 Å². The van der Waals surface area contributed by atoms with Gasteiger partial charge in [0.2, 0.25) is 17.7 Å². The molecule has 1 aliphatic heterocycles. The van der Waals surface area contributed by atoms with Gasteiger partial charge in [-0.1, -0.05) is 91.0 Å². The molecule has 1 heterocycles. The van der Waals surface area contributed by atoms with Crippen molar-refractivity contribution >= 4 is 70.8 Å². The summed E-state index contributed by atoms with van der Waals surface area (Å²) in [5.41, 5.74) is 21.1. The predicted octanol–water partition coefficient (Wildman–Crippen LogP) is 6.88. The minimum absolute atomic E-state index is 0.0339. The Bertz CT molecular complexity index is 3060. The molecule has 0 radical (unpaired) electrons. The predicted molar refractivity (Wildman–Crippen MR) is 338 cm³/mol. The zero-order valence-corrected chi connectivity index (χ0v) is 49.9. The molecule has 3 atom stereocenters. The number of fused-ring (bicyclic) bond motifs is 6. The number of carbonyl (C=O) groups excluding carboxylic acids is 9. The Morgan fingerprint density at radius 3 is 0.900 bits per heavy atom. The van der Waals surface area contributed by atoms with Crippen LogP contribution in [-0.4, -0.2) is 91.5 Å². The molecule has 0 unspecified atom stereocenters. The fourth-order valence-corrected chi connectivity index (χ4v) is 9.54. The lowest BCUT2D eigenvalue weighted by molar-refractivity contribution is -0.119. The van der Waals surface area contributed by atoms with Crippen molar-refractivity contribution < 1.29 is 57.4 Å². The second-order valence-electron chi connectivity index (χ2n) is 21.4. The van der Waals surface area contributed by atoms with Gasteiger partial charge in [0.1, 0.15) is 37.9 Å². The minimum Gasteiger partial charge on any atom is -0.445 e. The lowest BCUT2D eigenvalue weighted by atomic mass is 10.0. The van der Waals surface area contributed by atoms with E-state index in [1.807, 2.05) is 18.2 Å². The highest BCUT2D eigenvalue weighted by molar-refractivity contribution is 6.02. The van der Waals surface area contributed by atoms with E-state index >= 15 is 0 Å². The Morgan fingerprint density at radius 2 is 0.644 bits per heavy atom. The fourth-order valence-electron chi connectivity index (χ4n) is 9.54. The molecule has 6 aromatic rings. The van der Waals surface area contributed by atoms with Crippen LogP contribution in [0, 0.1) is 0 Å². The number of carbonyl (C=O) groups is 9. The quantitative estimate of drug-likeness (QED) is 0.0185. The fraction of sp³-hybridized carbons (Fsp3) is 0.318. The third-order valence-electron chi connectivity index (χ3n) is 14.2. The zero-order chi connectivity index (χ0) is 64.0. The number of unbranched alkanes of at least 4 members (excludes halogenated alkanes) is 3. The Balaban J connectivity index is 1.20. The van der Waals surface area contributed by atoms with Gasteiger partial charge in [-0.05, 0) is 165 Å². The maximum absolute atomic E-state index is 14.3. The number of alkyl carbamates (subject to hydrolysis) is 3. The molecular weight excluding hydrogens is 1150 g/mol. The van der Waals surface area contributed by atoms with Crippen LogP contribution in [0.1, 0.15) is 122 Å². The van der Waals surface area contributed by atoms with Crippen molar-refractivity contribution in [2.45, 2.75) is 115 Å². The molecule has 1 aliphatic rings. The third kappa shape index (κ3) is 22.5. The molecule has 6 aromatic carbocycles. The maximum Gasteiger partial charge on any atom is 0.408 e. The molecule has 15 N–H and O–H groups in total. The van der Waals surface area contributed by atoms with E-state index in [1.54, 1.807) is 91.0 Å². The number of hydrogen-bond acceptors (Lipinski definition) is 15. The van der Waals surface area contributed by atoms with Gasteiger partial charge in [0.05, 0.1) is 0 Å². The van der Waals surface area contributed by atoms with E-state index in [0.29, 0.717) is 74.8 Å². The standard InChI is InChI=1S/C66H78N12O12/c67-25-13-10-22-55(76-64(85)88-40-43-16-4-1-5-17-43)61(82)73-52-31-46-28-49(34-52)58(79)71-38-47-29-51(36-53(32-47)74-62(83)56(23-11-14-26-68)77-65(86)89-41-44-18-6-2-7-19-44)60(81)72-39-48-30-50(59(80)70-37-46)35-54(33-48)75-63(84)57(24-12-15-27-69)78-66(87)90-42-45-20-8-3-9-21-45/h1-9,16-21,28-36,55-57H,10-15,22-27,37-42,67-69H2,(H,70,80)(H,71,79)(H,72,81)(H,73,82)(H,74,83)(H,75,84)(H,76,85)(H,77,86)(H,78,87)/t55-,56-,57-/m0/s1. The number of rotatable bonds is 27. The lowest BCUT2D eigenvalue weighted by Gasteiger charge is -2.20. The van der Waals surface area contributed by atoms with Gasteiger partial charge in [0.15, 0.2) is 0 Å². The summed E-state index contributed by atoms with van der Waals surface area (Å²) in [6.45, 7) is 0.274. The summed E-state index contributed by atoms with van der Waals surface area (Å²) >= 11 is 0. The Hall–Kier alpha value is -10.2. The van der Waals surface area contributed by atoms with Crippen LogP contribution < -0.4 is 65.1 Å². The Kier molecular flexibility index (Phi) is 26.6. The van der Waals surface area contributed by atoms with Crippen molar-refractivity contribution in [1.29, 1.82) is 0 Å². The van der Waals surface area contributed by atoms with Gasteiger partial charge in [0, 0.05) is 53.4 Å². The number of hydrogen-bond donors (Lipinski definition) is 12. The smallest absolute Gasteiger partial charge is 0.408 e. The van der Waals surface area contributed by atoms with E-state index < -0.39 is 71.8 Å². The molecule has 0 aromatic heterocycles. The van der Waals surface area contributed by atoms with Gasteiger partial charge < -0.3 is 79.3 Å². The van der Waals surface area contributed by atoms with E-state index in [-0.39, 0.29) is 92.5 Å². The summed E-state index contributed by atoms with van der Waals surface area (Å²) in [5.74, 6) is -3.84. The summed E-state index contributed by atoms with van der Waals surface area (Å²) in [5, 5.41) is 25.0. The first kappa shape index (κ1) is 67.3. The highest BCUT2D eigenvalue weighted by Gasteiger charge is 2.26. The van der Waals surface area contributed by atoms with Crippen molar-refractivity contribution in [3.8, 4) is 0 Å². The van der Waals surface area contributed by atoms with Crippen molar-refractivity contribution in [3.63, 3.8) is 0 Å². The Morgan fingerprint density at radius 1 is 0.378 bits per heavy atom. The van der Waals surface area contributed by atoms with E-state index in [0.717, 1.165) is 16.7 Å². The number of nitrogens with two attached hydrogens (primary N) is 3. The van der Waals surface area contributed by atoms with Crippen molar-refractivity contribution in [1.82, 2.24) is 31.9 Å². The molecule has 0 aliphatic carbocycles. The normalized spacial score (nSPS) is 13.2. The number of ether oxygens (including phenoxy) is 3. The first-order chi connectivity index (χ1) is 43.6. The van der Waals surface area contributed by atoms with Crippen molar-refractivity contribution in [2.75, 3.05) is 35.6 Å². The summed E-state index contributed by atoms with van der Waals surface area (Å²) in [4.78, 5) is 125. The van der Waals surface area contributed by atoms with Gasteiger partial charge >= 0.3 is 18.3 Å². The van der Waals surface area contributed by atoms with E-state index in [4.69, 9.17) is 31.4 Å². The number of amides is 9. The molecule has 7 rings (SSSR count). The molecule has 0 spiro atoms. The number of benzene rings is 6. The van der Waals surface area contributed by atoms with Gasteiger partial charge in [0.25, 0.3) is 17.7 Å². The van der Waals surface area contributed by atoms with E-state index in [2.05, 4.69) is 47.9 Å². The van der Waals surface area contributed by atoms with Crippen molar-refractivity contribution in [3.05, 3.63) is 196 Å². The first-order valence-electron chi connectivity index (χ1n) is 29.9. The molecule has 24 nitrogen and oxygen atoms in total. The zero-order valence-electron chi connectivity index (χ0n) is 49.9. The monoisotopic (exact) mass is 1230 g/mol. The van der Waals surface area contributed by atoms with Crippen LogP contribution >= 0.6 is 0 Å². The molecule has 0 saturated heterocycles. The van der Waals surface area contributed by atoms with Crippen LogP contribution in [0.15, 0.2) is 146 Å². The molecule has 24 heteroatoms. The van der Waals surface area contributed by atoms with Crippen LogP contribution in [0.2, 0.25) is 0 Å². The summed E-state index contributed by atoms with van der Waals surface area (Å²) in [6.07, 6.45) is 1.13. The van der Waals surface area contributed by atoms with Crippen LogP contribution in [0.3, 0.4) is 0 Å². The lowest BCUT2D eigenvalue weighted by Crippen LogP contribution is -2.44. The first-order valence-corrected chi connectivity index (χ1v) is 29.9. The van der Waals surface area contributed by atoms with Gasteiger partial charge in [-0.3, -0.25) is 28.8 Å². The molecular formula is C66H78N12O12. The van der Waals surface area contributed by atoms with Crippen molar-refractivity contribution in [2.24, 2.45) is 17.2 Å². The molecule has 0 fully saturated rings. The van der Waals surface area contributed by atoms with Crippen LogP contribution in [-0.2, 0) is 68.0 Å². The molecule has 6 bridgehead atoms. The third-order valence-corrected chi connectivity index (χ3v) is 14.2. The van der Waals surface area contributed by atoms with Crippen LogP contribution in [0.5, 0.6) is 0 Å². The molecule has 474 valence electrons. The number of nitrogens with one attached hydrogen (secondary N) is 9. The molecule has 9 amide bonds. The maximum atomic E-state index is 14.3. The van der Waals surface area contributed by atoms with Crippen LogP contribution in [0.4, 0.5) is 31.4 Å². The van der Waals surface area contributed by atoms with E-state index in [1.165, 1.54) is 36.4 Å². The second-order valence-corrected chi connectivity index (χ2v) is 21.4. The summed E-state index contributed by atoms with van der Waals surface area (Å²) in [6, 6.07) is 37.1. The SMILES string of the molecule is NCCCC[C@H](NC(=O)OCc1ccccc1)C(=O)Nc1cc2cc(c1)C(=O)NCc1cc(NC(=O)[C@H](CCCCN)NC(=O)OCc3ccccc3)cc(c1)C(=O)NCc1cc(NC(=O)[C@H](CCCCN)NC(=O)OCc3ccccc3)cc(c1)C(=O)NC2. The number of anilines is 3. The van der Waals surface area contributed by atoms with Gasteiger partial charge in [-0.15, -0.1) is 0 Å². The average molecular weight is 1230 g/mol. The van der Waals surface area contributed by atoms with Crippen LogP contribution in [0.25, 0.3) is 0 Å². The largest absolute Gasteiger partial charge is 0.445 e. The minimum atomic E-state index is -1.10. The summed E-state index contributed by atoms with van der Waals surface area (Å²) in [7, 11) is 0. The molecule has 0 saturated carbocycles. The highest BCUT2D eigenvalue weighted by atomic mass is 16.6. The van der Waals surface area contributed by atoms with Gasteiger partial charge in [-0.25, -0.2) is 14.4 Å². The molecule has 90 heavy (non-hydrogen) atoms. The van der Waals surface area contributed by atoms with E-state index in [9.17, 15) is 43.2 Å². The summed E-state index contributed by atoms with van der Waals surface area (Å²) < 4.78 is 16.3. The van der Waals surface area contributed by atoms with Gasteiger partial charge in [-0.2, -0.15) is 0 Å². The highest BCUT2D eigenvalue weighted by Crippen LogP contribution is 2.23. The topological polar surface area (TPSA) is 368 Å². The second kappa shape index (κ2) is 35.6. The average Bonchev–Trinajstić information content (AvgIpc) is 3.37.